The Kier molecular flexibility index (Phi) is 5.89. The zero-order valence-electron chi connectivity index (χ0n) is 14.7. The largest absolute Gasteiger partial charge is 0.381 e. The summed E-state index contributed by atoms with van der Waals surface area (Å²) in [6.45, 7) is 2.23. The molecule has 27 heavy (non-hydrogen) atoms. The number of hydrogen-bond acceptors (Lipinski definition) is 6. The first-order chi connectivity index (χ1) is 12.8. The Labute approximate surface area is 161 Å². The molecule has 2 heterocycles. The summed E-state index contributed by atoms with van der Waals surface area (Å²) in [6, 6.07) is 6.42. The zero-order valence-corrected chi connectivity index (χ0v) is 16.3. The van der Waals surface area contributed by atoms with Crippen molar-refractivity contribution in [2.75, 3.05) is 25.1 Å². The van der Waals surface area contributed by atoms with Crippen molar-refractivity contribution in [3.63, 3.8) is 0 Å². The third kappa shape index (κ3) is 4.52. The molecule has 1 aliphatic heterocycles. The van der Waals surface area contributed by atoms with Gasteiger partial charge in [0.25, 0.3) is 10.0 Å². The predicted octanol–water partition coefficient (Wildman–Crippen LogP) is 2.27. The molecule has 7 nitrogen and oxygen atoms in total. The fourth-order valence-electron chi connectivity index (χ4n) is 3.09. The lowest BCUT2D eigenvalue weighted by molar-refractivity contribution is -0.114. The van der Waals surface area contributed by atoms with E-state index in [1.165, 1.54) is 19.2 Å². The second-order valence-corrected chi connectivity index (χ2v) is 9.39. The molecule has 3 rings (SSSR count). The Balaban J connectivity index is 1.82. The number of carbonyl (C=O) groups excluding carboxylic acids is 1. The number of benzene rings is 1. The highest BCUT2D eigenvalue weighted by Crippen LogP contribution is 2.36. The van der Waals surface area contributed by atoms with E-state index in [-0.39, 0.29) is 27.6 Å². The van der Waals surface area contributed by atoms with Crippen LogP contribution in [0.1, 0.15) is 25.3 Å². The Morgan fingerprint density at radius 3 is 2.70 bits per heavy atom. The Hall–Kier alpha value is -1.88. The van der Waals surface area contributed by atoms with Gasteiger partial charge in [0.05, 0.1) is 6.20 Å². The molecule has 2 N–H and O–H groups in total. The summed E-state index contributed by atoms with van der Waals surface area (Å²) in [4.78, 5) is 15.0. The normalized spacial score (nSPS) is 16.8. The van der Waals surface area contributed by atoms with E-state index in [0.29, 0.717) is 31.6 Å². The van der Waals surface area contributed by atoms with E-state index in [9.17, 15) is 17.6 Å². The standard InChI is InChI=1S/C17H20FN3O4S2/c1-12(22)21-16-19-10-15(26-16)27(23,24)20-11-17(6-8-25-9-7-17)13-4-2-3-5-14(13)18/h2-5,10,20H,6-9,11H2,1H3,(H,19,21,22). The van der Waals surface area contributed by atoms with Crippen molar-refractivity contribution in [1.29, 1.82) is 0 Å². The number of rotatable bonds is 6. The van der Waals surface area contributed by atoms with Gasteiger partial charge in [-0.3, -0.25) is 4.79 Å². The van der Waals surface area contributed by atoms with Crippen molar-refractivity contribution >= 4 is 32.4 Å². The molecule has 1 saturated heterocycles. The lowest BCUT2D eigenvalue weighted by Gasteiger charge is -2.38. The Morgan fingerprint density at radius 1 is 1.33 bits per heavy atom. The second kappa shape index (κ2) is 8.01. The third-order valence-electron chi connectivity index (χ3n) is 4.53. The minimum Gasteiger partial charge on any atom is -0.381 e. The van der Waals surface area contributed by atoms with Gasteiger partial charge in [0.15, 0.2) is 9.34 Å². The van der Waals surface area contributed by atoms with Crippen molar-refractivity contribution in [2.45, 2.75) is 29.4 Å². The maximum absolute atomic E-state index is 14.4. The molecule has 0 bridgehead atoms. The van der Waals surface area contributed by atoms with Crippen LogP contribution in [-0.4, -0.2) is 39.1 Å². The van der Waals surface area contributed by atoms with Crippen LogP contribution in [0.3, 0.4) is 0 Å². The molecular weight excluding hydrogens is 393 g/mol. The number of anilines is 1. The first-order valence-corrected chi connectivity index (χ1v) is 10.7. The molecule has 1 aromatic carbocycles. The Morgan fingerprint density at radius 2 is 2.04 bits per heavy atom. The van der Waals surface area contributed by atoms with Gasteiger partial charge in [-0.2, -0.15) is 0 Å². The van der Waals surface area contributed by atoms with Crippen molar-refractivity contribution in [3.05, 3.63) is 41.8 Å². The molecule has 1 aliphatic rings. The van der Waals surface area contributed by atoms with Gasteiger partial charge in [-0.15, -0.1) is 0 Å². The Bertz CT molecular complexity index is 924. The number of ether oxygens (including phenoxy) is 1. The first-order valence-electron chi connectivity index (χ1n) is 8.38. The summed E-state index contributed by atoms with van der Waals surface area (Å²) >= 11 is 0.860. The summed E-state index contributed by atoms with van der Waals surface area (Å²) in [6.07, 6.45) is 2.21. The maximum atomic E-state index is 14.4. The molecular formula is C17H20FN3O4S2. The van der Waals surface area contributed by atoms with Crippen LogP contribution in [0.15, 0.2) is 34.7 Å². The van der Waals surface area contributed by atoms with E-state index in [1.54, 1.807) is 18.2 Å². The molecule has 0 unspecified atom stereocenters. The zero-order chi connectivity index (χ0) is 19.5. The highest BCUT2D eigenvalue weighted by atomic mass is 32.2. The number of amides is 1. The van der Waals surface area contributed by atoms with Gasteiger partial charge in [-0.05, 0) is 24.5 Å². The average molecular weight is 413 g/mol. The van der Waals surface area contributed by atoms with Crippen molar-refractivity contribution in [1.82, 2.24) is 9.71 Å². The highest BCUT2D eigenvalue weighted by Gasteiger charge is 2.38. The van der Waals surface area contributed by atoms with Crippen molar-refractivity contribution < 1.29 is 22.3 Å². The average Bonchev–Trinajstić information content (AvgIpc) is 3.10. The summed E-state index contributed by atoms with van der Waals surface area (Å²) < 4.78 is 47.7. The first kappa shape index (κ1) is 19.9. The fourth-order valence-corrected chi connectivity index (χ4v) is 5.34. The smallest absolute Gasteiger partial charge is 0.251 e. The molecule has 0 atom stereocenters. The minimum absolute atomic E-state index is 0.0120. The van der Waals surface area contributed by atoms with Crippen LogP contribution in [0.2, 0.25) is 0 Å². The molecule has 0 spiro atoms. The van der Waals surface area contributed by atoms with Gasteiger partial charge in [0.2, 0.25) is 5.91 Å². The molecule has 2 aromatic rings. The van der Waals surface area contributed by atoms with Crippen LogP contribution in [-0.2, 0) is 25.0 Å². The lowest BCUT2D eigenvalue weighted by atomic mass is 9.74. The second-order valence-electron chi connectivity index (χ2n) is 6.36. The molecule has 0 radical (unpaired) electrons. The molecule has 1 fully saturated rings. The molecule has 0 aliphatic carbocycles. The topological polar surface area (TPSA) is 97.4 Å². The van der Waals surface area contributed by atoms with E-state index in [1.807, 2.05) is 0 Å². The SMILES string of the molecule is CC(=O)Nc1ncc(S(=O)(=O)NCC2(c3ccccc3F)CCOCC2)s1. The fraction of sp³-hybridized carbons (Fsp3) is 0.412. The molecule has 10 heteroatoms. The predicted molar refractivity (Wildman–Crippen MR) is 99.7 cm³/mol. The van der Waals surface area contributed by atoms with Crippen LogP contribution in [0.4, 0.5) is 9.52 Å². The van der Waals surface area contributed by atoms with E-state index < -0.39 is 15.4 Å². The van der Waals surface area contributed by atoms with E-state index in [0.717, 1.165) is 11.3 Å². The monoisotopic (exact) mass is 413 g/mol. The van der Waals surface area contributed by atoms with Gasteiger partial charge in [-0.25, -0.2) is 22.5 Å². The van der Waals surface area contributed by atoms with Gasteiger partial charge >= 0.3 is 0 Å². The van der Waals surface area contributed by atoms with E-state index in [4.69, 9.17) is 4.74 Å². The van der Waals surface area contributed by atoms with E-state index >= 15 is 0 Å². The molecule has 1 aromatic heterocycles. The molecule has 146 valence electrons. The number of hydrogen-bond donors (Lipinski definition) is 2. The van der Waals surface area contributed by atoms with Gasteiger partial charge in [-0.1, -0.05) is 29.5 Å². The van der Waals surface area contributed by atoms with Gasteiger partial charge < -0.3 is 10.1 Å². The van der Waals surface area contributed by atoms with Crippen LogP contribution in [0.5, 0.6) is 0 Å². The van der Waals surface area contributed by atoms with E-state index in [2.05, 4.69) is 15.0 Å². The lowest BCUT2D eigenvalue weighted by Crippen LogP contribution is -2.45. The van der Waals surface area contributed by atoms with Gasteiger partial charge in [0, 0.05) is 32.1 Å². The van der Waals surface area contributed by atoms with Crippen molar-refractivity contribution in [2.24, 2.45) is 0 Å². The minimum atomic E-state index is -3.84. The number of sulfonamides is 1. The van der Waals surface area contributed by atoms with Crippen LogP contribution >= 0.6 is 11.3 Å². The van der Waals surface area contributed by atoms with Crippen LogP contribution in [0.25, 0.3) is 0 Å². The number of thiazole rings is 1. The maximum Gasteiger partial charge on any atom is 0.251 e. The molecule has 1 amide bonds. The van der Waals surface area contributed by atoms with Gasteiger partial charge in [0.1, 0.15) is 5.82 Å². The summed E-state index contributed by atoms with van der Waals surface area (Å²) in [5, 5.41) is 2.66. The molecule has 0 saturated carbocycles. The van der Waals surface area contributed by atoms with Crippen LogP contribution < -0.4 is 10.0 Å². The van der Waals surface area contributed by atoms with Crippen molar-refractivity contribution in [3.8, 4) is 0 Å². The number of halogens is 1. The summed E-state index contributed by atoms with van der Waals surface area (Å²) in [5.41, 5.74) is -0.193. The summed E-state index contributed by atoms with van der Waals surface area (Å²) in [5.74, 6) is -0.689. The number of carbonyl (C=O) groups is 1. The quantitative estimate of drug-likeness (QED) is 0.757. The number of nitrogens with zero attached hydrogens (tertiary/aromatic N) is 1. The third-order valence-corrected chi connectivity index (χ3v) is 7.30. The highest BCUT2D eigenvalue weighted by molar-refractivity contribution is 7.91. The number of nitrogens with one attached hydrogen (secondary N) is 2. The van der Waals surface area contributed by atoms with Crippen LogP contribution in [0, 0.1) is 5.82 Å². The number of aromatic nitrogens is 1. The summed E-state index contributed by atoms with van der Waals surface area (Å²) in [7, 11) is -3.84.